The molecule has 19 heavy (non-hydrogen) atoms. The lowest BCUT2D eigenvalue weighted by atomic mass is 9.89. The lowest BCUT2D eigenvalue weighted by molar-refractivity contribution is 0.0522. The third-order valence-corrected chi connectivity index (χ3v) is 3.82. The Morgan fingerprint density at radius 3 is 2.89 bits per heavy atom. The SMILES string of the molecule is CCCNC(c1c(OC)cnn1C)C1CCOCC1. The van der Waals surface area contributed by atoms with E-state index >= 15 is 0 Å². The Morgan fingerprint density at radius 1 is 1.53 bits per heavy atom. The fraction of sp³-hybridized carbons (Fsp3) is 0.786. The van der Waals surface area contributed by atoms with Crippen LogP contribution in [0.1, 0.15) is 37.9 Å². The topological polar surface area (TPSA) is 48.3 Å². The quantitative estimate of drug-likeness (QED) is 0.855. The minimum Gasteiger partial charge on any atom is -0.493 e. The number of methoxy groups -OCH3 is 1. The zero-order valence-corrected chi connectivity index (χ0v) is 12.2. The fourth-order valence-corrected chi connectivity index (χ4v) is 2.77. The largest absolute Gasteiger partial charge is 0.493 e. The third kappa shape index (κ3) is 3.28. The highest BCUT2D eigenvalue weighted by Crippen LogP contribution is 2.34. The zero-order valence-electron chi connectivity index (χ0n) is 12.2. The molecule has 1 fully saturated rings. The summed E-state index contributed by atoms with van der Waals surface area (Å²) in [5, 5.41) is 7.99. The molecule has 5 nitrogen and oxygen atoms in total. The van der Waals surface area contributed by atoms with Gasteiger partial charge >= 0.3 is 0 Å². The van der Waals surface area contributed by atoms with Crippen molar-refractivity contribution < 1.29 is 9.47 Å². The summed E-state index contributed by atoms with van der Waals surface area (Å²) in [7, 11) is 3.69. The minimum atomic E-state index is 0.297. The molecule has 0 radical (unpaired) electrons. The average molecular weight is 267 g/mol. The van der Waals surface area contributed by atoms with E-state index in [4.69, 9.17) is 9.47 Å². The number of ether oxygens (including phenoxy) is 2. The van der Waals surface area contributed by atoms with Crippen molar-refractivity contribution in [1.29, 1.82) is 0 Å². The van der Waals surface area contributed by atoms with Gasteiger partial charge in [-0.25, -0.2) is 0 Å². The van der Waals surface area contributed by atoms with Crippen LogP contribution in [0.4, 0.5) is 0 Å². The predicted octanol–water partition coefficient (Wildman–Crippen LogP) is 1.90. The van der Waals surface area contributed by atoms with Gasteiger partial charge in [0.05, 0.1) is 25.0 Å². The Balaban J connectivity index is 2.22. The Bertz CT molecular complexity index is 386. The van der Waals surface area contributed by atoms with Gasteiger partial charge in [-0.05, 0) is 31.7 Å². The first-order valence-electron chi connectivity index (χ1n) is 7.15. The monoisotopic (exact) mass is 267 g/mol. The minimum absolute atomic E-state index is 0.297. The summed E-state index contributed by atoms with van der Waals surface area (Å²) >= 11 is 0. The van der Waals surface area contributed by atoms with Gasteiger partial charge in [0.15, 0.2) is 5.75 Å². The van der Waals surface area contributed by atoms with E-state index in [0.717, 1.165) is 50.5 Å². The van der Waals surface area contributed by atoms with Crippen LogP contribution >= 0.6 is 0 Å². The number of aryl methyl sites for hydroxylation is 1. The number of hydrogen-bond acceptors (Lipinski definition) is 4. The van der Waals surface area contributed by atoms with Crippen LogP contribution in [0.25, 0.3) is 0 Å². The first-order chi connectivity index (χ1) is 9.27. The standard InChI is InChI=1S/C14H25N3O2/c1-4-7-15-13(11-5-8-19-9-6-11)14-12(18-3)10-16-17(14)2/h10-11,13,15H,4-9H2,1-3H3. The first-order valence-corrected chi connectivity index (χ1v) is 7.15. The van der Waals surface area contributed by atoms with E-state index in [0.29, 0.717) is 12.0 Å². The van der Waals surface area contributed by atoms with Crippen molar-refractivity contribution in [2.24, 2.45) is 13.0 Å². The lowest BCUT2D eigenvalue weighted by Crippen LogP contribution is -2.34. The van der Waals surface area contributed by atoms with Gasteiger partial charge in [-0.15, -0.1) is 0 Å². The molecule has 5 heteroatoms. The predicted molar refractivity (Wildman–Crippen MR) is 74.3 cm³/mol. The van der Waals surface area contributed by atoms with Crippen LogP contribution in [-0.4, -0.2) is 36.6 Å². The first kappa shape index (κ1) is 14.3. The Labute approximate surface area is 115 Å². The number of aromatic nitrogens is 2. The highest BCUT2D eigenvalue weighted by atomic mass is 16.5. The van der Waals surface area contributed by atoms with Gasteiger partial charge in [0.2, 0.25) is 0 Å². The maximum absolute atomic E-state index is 5.48. The molecule has 0 spiro atoms. The molecular weight excluding hydrogens is 242 g/mol. The van der Waals surface area contributed by atoms with Gasteiger partial charge in [-0.1, -0.05) is 6.92 Å². The van der Waals surface area contributed by atoms with Crippen molar-refractivity contribution in [3.05, 3.63) is 11.9 Å². The molecule has 1 aliphatic rings. The molecule has 2 rings (SSSR count). The van der Waals surface area contributed by atoms with E-state index < -0.39 is 0 Å². The summed E-state index contributed by atoms with van der Waals surface area (Å²) in [6.07, 6.45) is 5.11. The summed E-state index contributed by atoms with van der Waals surface area (Å²) in [6.45, 7) is 4.91. The molecule has 1 aromatic rings. The second-order valence-corrected chi connectivity index (χ2v) is 5.10. The highest BCUT2D eigenvalue weighted by Gasteiger charge is 2.29. The van der Waals surface area contributed by atoms with Gasteiger partial charge in [0, 0.05) is 20.3 Å². The molecule has 1 atom stereocenters. The fourth-order valence-electron chi connectivity index (χ4n) is 2.77. The molecule has 1 aromatic heterocycles. The van der Waals surface area contributed by atoms with E-state index in [1.807, 2.05) is 11.7 Å². The number of hydrogen-bond donors (Lipinski definition) is 1. The van der Waals surface area contributed by atoms with Gasteiger partial charge in [-0.2, -0.15) is 5.10 Å². The molecule has 1 N–H and O–H groups in total. The molecule has 0 aromatic carbocycles. The molecular formula is C14H25N3O2. The maximum Gasteiger partial charge on any atom is 0.161 e. The molecule has 2 heterocycles. The summed E-state index contributed by atoms with van der Waals surface area (Å²) in [5.41, 5.74) is 1.16. The average Bonchev–Trinajstić information content (AvgIpc) is 2.82. The maximum atomic E-state index is 5.48. The second kappa shape index (κ2) is 6.91. The van der Waals surface area contributed by atoms with Crippen molar-refractivity contribution in [2.75, 3.05) is 26.9 Å². The van der Waals surface area contributed by atoms with Crippen LogP contribution < -0.4 is 10.1 Å². The van der Waals surface area contributed by atoms with E-state index in [1.165, 1.54) is 0 Å². The summed E-state index contributed by atoms with van der Waals surface area (Å²) < 4.78 is 12.9. The van der Waals surface area contributed by atoms with Crippen molar-refractivity contribution in [3.8, 4) is 5.75 Å². The highest BCUT2D eigenvalue weighted by molar-refractivity contribution is 5.28. The number of nitrogens with one attached hydrogen (secondary N) is 1. The summed E-state index contributed by atoms with van der Waals surface area (Å²) in [4.78, 5) is 0. The van der Waals surface area contributed by atoms with Crippen LogP contribution in [-0.2, 0) is 11.8 Å². The number of nitrogens with zero attached hydrogens (tertiary/aromatic N) is 2. The van der Waals surface area contributed by atoms with E-state index in [1.54, 1.807) is 13.3 Å². The van der Waals surface area contributed by atoms with Crippen LogP contribution in [0.2, 0.25) is 0 Å². The molecule has 0 bridgehead atoms. The van der Waals surface area contributed by atoms with Crippen molar-refractivity contribution >= 4 is 0 Å². The van der Waals surface area contributed by atoms with Gasteiger partial charge in [0.25, 0.3) is 0 Å². The Hall–Kier alpha value is -1.07. The summed E-state index contributed by atoms with van der Waals surface area (Å²) in [5.74, 6) is 1.46. The van der Waals surface area contributed by atoms with E-state index in [-0.39, 0.29) is 0 Å². The molecule has 0 amide bonds. The third-order valence-electron chi connectivity index (χ3n) is 3.82. The van der Waals surface area contributed by atoms with E-state index in [2.05, 4.69) is 17.3 Å². The Morgan fingerprint density at radius 2 is 2.26 bits per heavy atom. The number of rotatable bonds is 6. The molecule has 1 aliphatic heterocycles. The molecule has 0 aliphatic carbocycles. The van der Waals surface area contributed by atoms with E-state index in [9.17, 15) is 0 Å². The van der Waals surface area contributed by atoms with Crippen LogP contribution in [0.15, 0.2) is 6.20 Å². The molecule has 108 valence electrons. The summed E-state index contributed by atoms with van der Waals surface area (Å²) in [6, 6.07) is 0.297. The van der Waals surface area contributed by atoms with Crippen LogP contribution in [0.3, 0.4) is 0 Å². The zero-order chi connectivity index (χ0) is 13.7. The second-order valence-electron chi connectivity index (χ2n) is 5.10. The van der Waals surface area contributed by atoms with Gasteiger partial charge in [-0.3, -0.25) is 4.68 Å². The molecule has 1 saturated heterocycles. The smallest absolute Gasteiger partial charge is 0.161 e. The lowest BCUT2D eigenvalue weighted by Gasteiger charge is -2.31. The normalized spacial score (nSPS) is 18.5. The van der Waals surface area contributed by atoms with Gasteiger partial charge < -0.3 is 14.8 Å². The van der Waals surface area contributed by atoms with Crippen LogP contribution in [0.5, 0.6) is 5.75 Å². The van der Waals surface area contributed by atoms with Crippen molar-refractivity contribution in [3.63, 3.8) is 0 Å². The van der Waals surface area contributed by atoms with Crippen molar-refractivity contribution in [1.82, 2.24) is 15.1 Å². The van der Waals surface area contributed by atoms with Crippen LogP contribution in [0, 0.1) is 5.92 Å². The Kier molecular flexibility index (Phi) is 5.22. The van der Waals surface area contributed by atoms with Crippen molar-refractivity contribution in [2.45, 2.75) is 32.2 Å². The molecule has 0 saturated carbocycles. The molecule has 1 unspecified atom stereocenters. The van der Waals surface area contributed by atoms with Gasteiger partial charge in [0.1, 0.15) is 0 Å².